The third-order valence-corrected chi connectivity index (χ3v) is 1.76. The average molecular weight is 164 g/mol. The van der Waals surface area contributed by atoms with Gasteiger partial charge in [-0.3, -0.25) is 4.79 Å². The van der Waals surface area contributed by atoms with E-state index in [0.29, 0.717) is 12.0 Å². The molecule has 0 aromatic carbocycles. The molecule has 1 saturated heterocycles. The number of rotatable bonds is 1. The third-order valence-electron chi connectivity index (χ3n) is 1.76. The lowest BCUT2D eigenvalue weighted by Crippen LogP contribution is -2.08. The second-order valence-corrected chi connectivity index (χ2v) is 2.61. The molecule has 3 nitrogen and oxygen atoms in total. The Bertz CT molecular complexity index is 297. The Morgan fingerprint density at radius 1 is 1.25 bits per heavy atom. The number of carbonyl (C=O) groups excluding carboxylic acids is 1. The van der Waals surface area contributed by atoms with Crippen molar-refractivity contribution in [1.29, 1.82) is 0 Å². The first-order chi connectivity index (χ1) is 5.88. The number of allylic oxidation sites excluding steroid dienone is 4. The molecule has 0 spiro atoms. The van der Waals surface area contributed by atoms with Crippen LogP contribution in [0.5, 0.6) is 0 Å². The van der Waals surface area contributed by atoms with E-state index in [-0.39, 0.29) is 6.79 Å². The molecule has 0 N–H and O–H groups in total. The zero-order valence-electron chi connectivity index (χ0n) is 6.45. The van der Waals surface area contributed by atoms with Crippen molar-refractivity contribution in [3.8, 4) is 0 Å². The minimum atomic E-state index is 0.248. The summed E-state index contributed by atoms with van der Waals surface area (Å²) in [4.78, 5) is 10.5. The Hall–Kier alpha value is -1.51. The molecule has 0 radical (unpaired) electrons. The smallest absolute Gasteiger partial charge is 0.229 e. The molecule has 2 rings (SSSR count). The summed E-state index contributed by atoms with van der Waals surface area (Å²) in [5.41, 5.74) is 0.616. The van der Waals surface area contributed by atoms with Crippen molar-refractivity contribution in [1.82, 2.24) is 0 Å². The lowest BCUT2D eigenvalue weighted by Gasteiger charge is -2.18. The van der Waals surface area contributed by atoms with Crippen molar-refractivity contribution < 1.29 is 14.3 Å². The molecule has 12 heavy (non-hydrogen) atoms. The molecule has 1 aliphatic carbocycles. The molecule has 0 saturated carbocycles. The molecule has 1 aliphatic heterocycles. The third kappa shape index (κ3) is 1.25. The van der Waals surface area contributed by atoms with Crippen molar-refractivity contribution in [2.45, 2.75) is 6.42 Å². The molecule has 0 amide bonds. The van der Waals surface area contributed by atoms with E-state index in [9.17, 15) is 4.79 Å². The van der Waals surface area contributed by atoms with Crippen LogP contribution in [0.25, 0.3) is 0 Å². The molecule has 0 aromatic rings. The fourth-order valence-corrected chi connectivity index (χ4v) is 1.15. The minimum absolute atomic E-state index is 0.248. The van der Waals surface area contributed by atoms with Gasteiger partial charge in [0.25, 0.3) is 0 Å². The normalized spacial score (nSPS) is 20.5. The van der Waals surface area contributed by atoms with Gasteiger partial charge in [-0.05, 0) is 18.2 Å². The Labute approximate surface area is 70.0 Å². The van der Waals surface area contributed by atoms with E-state index >= 15 is 0 Å². The van der Waals surface area contributed by atoms with E-state index in [0.717, 1.165) is 17.8 Å². The van der Waals surface area contributed by atoms with Gasteiger partial charge in [0, 0.05) is 5.57 Å². The van der Waals surface area contributed by atoms with E-state index in [1.54, 1.807) is 18.2 Å². The van der Waals surface area contributed by atoms with Crippen molar-refractivity contribution >= 4 is 6.29 Å². The maximum Gasteiger partial charge on any atom is 0.229 e. The van der Waals surface area contributed by atoms with Crippen LogP contribution >= 0.6 is 0 Å². The topological polar surface area (TPSA) is 35.5 Å². The maximum atomic E-state index is 10.5. The van der Waals surface area contributed by atoms with Crippen LogP contribution in [0.15, 0.2) is 35.3 Å². The molecule has 0 unspecified atom stereocenters. The summed E-state index contributed by atoms with van der Waals surface area (Å²) in [6.45, 7) is 0.248. The summed E-state index contributed by atoms with van der Waals surface area (Å²) >= 11 is 0. The molecule has 62 valence electrons. The van der Waals surface area contributed by atoms with E-state index in [4.69, 9.17) is 9.47 Å². The summed E-state index contributed by atoms with van der Waals surface area (Å²) in [7, 11) is 0. The van der Waals surface area contributed by atoms with Gasteiger partial charge in [-0.25, -0.2) is 0 Å². The van der Waals surface area contributed by atoms with E-state index in [1.165, 1.54) is 0 Å². The van der Waals surface area contributed by atoms with Gasteiger partial charge < -0.3 is 9.47 Å². The van der Waals surface area contributed by atoms with Crippen LogP contribution in [0.2, 0.25) is 0 Å². The fourth-order valence-electron chi connectivity index (χ4n) is 1.15. The highest BCUT2D eigenvalue weighted by Gasteiger charge is 2.14. The van der Waals surface area contributed by atoms with E-state index in [1.807, 2.05) is 0 Å². The monoisotopic (exact) mass is 164 g/mol. The number of ether oxygens (including phenoxy) is 2. The molecular formula is C9H8O3. The van der Waals surface area contributed by atoms with Crippen molar-refractivity contribution in [2.75, 3.05) is 6.79 Å². The largest absolute Gasteiger partial charge is 0.461 e. The van der Waals surface area contributed by atoms with Gasteiger partial charge in [-0.2, -0.15) is 0 Å². The number of aldehydes is 1. The van der Waals surface area contributed by atoms with Gasteiger partial charge in [0.15, 0.2) is 0 Å². The van der Waals surface area contributed by atoms with Crippen molar-refractivity contribution in [3.63, 3.8) is 0 Å². The molecular weight excluding hydrogens is 156 g/mol. The lowest BCUT2D eigenvalue weighted by atomic mass is 10.2. The molecule has 1 heterocycles. The minimum Gasteiger partial charge on any atom is -0.461 e. The zero-order chi connectivity index (χ0) is 8.39. The Balaban J connectivity index is 2.36. The quantitative estimate of drug-likeness (QED) is 0.548. The van der Waals surface area contributed by atoms with Crippen molar-refractivity contribution in [2.24, 2.45) is 0 Å². The van der Waals surface area contributed by atoms with E-state index < -0.39 is 0 Å². The van der Waals surface area contributed by atoms with Crippen LogP contribution < -0.4 is 0 Å². The summed E-state index contributed by atoms with van der Waals surface area (Å²) in [5.74, 6) is 1.65. The van der Waals surface area contributed by atoms with Gasteiger partial charge in [-0.1, -0.05) is 0 Å². The summed E-state index contributed by atoms with van der Waals surface area (Å²) in [6, 6.07) is 0. The highest BCUT2D eigenvalue weighted by atomic mass is 16.7. The zero-order valence-corrected chi connectivity index (χ0v) is 6.45. The average Bonchev–Trinajstić information content (AvgIpc) is 2.25. The van der Waals surface area contributed by atoms with Gasteiger partial charge in [-0.15, -0.1) is 0 Å². The first-order valence-corrected chi connectivity index (χ1v) is 3.71. The standard InChI is InChI=1S/C9H8O3/c10-5-7-1-2-8-4-9(3-7)12-6-11-8/h1-3,5H,4,6H2. The number of hydrogen-bond donors (Lipinski definition) is 0. The fraction of sp³-hybridized carbons (Fsp3) is 0.222. The van der Waals surface area contributed by atoms with Gasteiger partial charge in [0.1, 0.15) is 17.8 Å². The molecule has 1 fully saturated rings. The van der Waals surface area contributed by atoms with Crippen LogP contribution in [0.1, 0.15) is 6.42 Å². The molecule has 3 heteroatoms. The maximum absolute atomic E-state index is 10.5. The number of fused-ring (bicyclic) bond motifs is 2. The van der Waals surface area contributed by atoms with Crippen LogP contribution in [0, 0.1) is 0 Å². The summed E-state index contributed by atoms with van der Waals surface area (Å²) in [5, 5.41) is 0. The SMILES string of the molecule is O=CC1=CC=C2CC(=C1)OCO2. The molecule has 0 atom stereocenters. The van der Waals surface area contributed by atoms with Crippen LogP contribution in [-0.2, 0) is 14.3 Å². The molecule has 0 aromatic heterocycles. The van der Waals surface area contributed by atoms with E-state index in [2.05, 4.69) is 0 Å². The predicted octanol–water partition coefficient (Wildman–Crippen LogP) is 1.29. The van der Waals surface area contributed by atoms with Crippen molar-refractivity contribution in [3.05, 3.63) is 35.3 Å². The second-order valence-electron chi connectivity index (χ2n) is 2.61. The van der Waals surface area contributed by atoms with Crippen LogP contribution in [0.3, 0.4) is 0 Å². The van der Waals surface area contributed by atoms with Gasteiger partial charge in [0.2, 0.25) is 6.79 Å². The Morgan fingerprint density at radius 3 is 2.92 bits per heavy atom. The first kappa shape index (κ1) is 7.16. The lowest BCUT2D eigenvalue weighted by molar-refractivity contribution is -0.104. The Kier molecular flexibility index (Phi) is 1.70. The second kappa shape index (κ2) is 2.85. The number of carbonyl (C=O) groups is 1. The van der Waals surface area contributed by atoms with Crippen LogP contribution in [-0.4, -0.2) is 13.1 Å². The van der Waals surface area contributed by atoms with Gasteiger partial charge >= 0.3 is 0 Å². The molecule has 2 aliphatic rings. The van der Waals surface area contributed by atoms with Crippen LogP contribution in [0.4, 0.5) is 0 Å². The van der Waals surface area contributed by atoms with Gasteiger partial charge in [0.05, 0.1) is 6.42 Å². The highest BCUT2D eigenvalue weighted by Crippen LogP contribution is 2.23. The summed E-state index contributed by atoms with van der Waals surface area (Å²) < 4.78 is 10.3. The summed E-state index contributed by atoms with van der Waals surface area (Å²) in [6.07, 6.45) is 6.71. The first-order valence-electron chi connectivity index (χ1n) is 3.71. The Morgan fingerprint density at radius 2 is 2.08 bits per heavy atom. The highest BCUT2D eigenvalue weighted by molar-refractivity contribution is 5.78. The molecule has 2 bridgehead atoms. The predicted molar refractivity (Wildman–Crippen MR) is 42.0 cm³/mol. The number of hydrogen-bond acceptors (Lipinski definition) is 3.